The van der Waals surface area contributed by atoms with Crippen molar-refractivity contribution >= 4 is 23.0 Å². The molecule has 0 saturated heterocycles. The number of fused-ring (bicyclic) bond motifs is 1. The maximum Gasteiger partial charge on any atom is 0.263 e. The number of amidine groups is 1. The van der Waals surface area contributed by atoms with Gasteiger partial charge in [0.1, 0.15) is 17.4 Å². The topological polar surface area (TPSA) is 117 Å². The van der Waals surface area contributed by atoms with E-state index in [1.54, 1.807) is 30.3 Å². The number of para-hydroxylation sites is 1. The first kappa shape index (κ1) is 14.3. The zero-order valence-corrected chi connectivity index (χ0v) is 11.3. The highest BCUT2D eigenvalue weighted by Gasteiger charge is 2.13. The maximum atomic E-state index is 12.3. The number of pyridine rings is 1. The van der Waals surface area contributed by atoms with Gasteiger partial charge in [-0.2, -0.15) is 10.4 Å². The molecule has 0 fully saturated rings. The van der Waals surface area contributed by atoms with Gasteiger partial charge in [-0.3, -0.25) is 4.79 Å². The zero-order chi connectivity index (χ0) is 15.4. The molecule has 2 aromatic rings. The average Bonchev–Trinajstić information content (AvgIpc) is 2.51. The van der Waals surface area contributed by atoms with E-state index in [0.29, 0.717) is 17.4 Å². The minimum Gasteiger partial charge on any atom is -0.506 e. The third-order valence-electron chi connectivity index (χ3n) is 2.96. The zero-order valence-electron chi connectivity index (χ0n) is 11.3. The molecule has 0 radical (unpaired) electrons. The summed E-state index contributed by atoms with van der Waals surface area (Å²) >= 11 is 0. The van der Waals surface area contributed by atoms with Crippen LogP contribution < -0.4 is 11.3 Å². The Morgan fingerprint density at radius 1 is 1.52 bits per heavy atom. The smallest absolute Gasteiger partial charge is 0.263 e. The second kappa shape index (κ2) is 5.88. The molecule has 0 atom stereocenters. The number of aromatic nitrogens is 1. The average molecular weight is 283 g/mol. The van der Waals surface area contributed by atoms with E-state index in [4.69, 9.17) is 11.0 Å². The molecule has 0 aliphatic carbocycles. The Hall–Kier alpha value is -3.14. The van der Waals surface area contributed by atoms with E-state index in [9.17, 15) is 9.90 Å². The Balaban J connectivity index is 2.70. The van der Waals surface area contributed by atoms with Gasteiger partial charge in [0.05, 0.1) is 11.7 Å². The molecule has 106 valence electrons. The molecular weight excluding hydrogens is 270 g/mol. The van der Waals surface area contributed by atoms with Crippen molar-refractivity contribution in [1.82, 2.24) is 4.57 Å². The molecule has 3 N–H and O–H groups in total. The van der Waals surface area contributed by atoms with Gasteiger partial charge in [0, 0.05) is 11.9 Å². The molecule has 1 aromatic carbocycles. The Morgan fingerprint density at radius 2 is 2.24 bits per heavy atom. The van der Waals surface area contributed by atoms with E-state index in [2.05, 4.69) is 10.2 Å². The first-order chi connectivity index (χ1) is 10.1. The lowest BCUT2D eigenvalue weighted by molar-refractivity contribution is 0.478. The molecule has 21 heavy (non-hydrogen) atoms. The molecule has 0 amide bonds. The van der Waals surface area contributed by atoms with Crippen molar-refractivity contribution in [2.75, 3.05) is 0 Å². The highest BCUT2D eigenvalue weighted by Crippen LogP contribution is 2.25. The van der Waals surface area contributed by atoms with Gasteiger partial charge >= 0.3 is 0 Å². The fourth-order valence-electron chi connectivity index (χ4n) is 2.01. The summed E-state index contributed by atoms with van der Waals surface area (Å²) in [5.74, 6) is -0.503. The summed E-state index contributed by atoms with van der Waals surface area (Å²) in [4.78, 5) is 12.3. The van der Waals surface area contributed by atoms with E-state index in [1.165, 1.54) is 4.57 Å². The lowest BCUT2D eigenvalue weighted by Gasteiger charge is -2.11. The third kappa shape index (κ3) is 2.60. The molecule has 0 bridgehead atoms. The van der Waals surface area contributed by atoms with E-state index in [1.807, 2.05) is 6.92 Å². The second-order valence-corrected chi connectivity index (χ2v) is 4.17. The number of nitriles is 1. The number of aryl methyl sites for hydroxylation is 1. The van der Waals surface area contributed by atoms with E-state index in [0.717, 1.165) is 6.21 Å². The Bertz CT molecular complexity index is 843. The second-order valence-electron chi connectivity index (χ2n) is 4.17. The minimum atomic E-state index is -0.386. The predicted molar refractivity (Wildman–Crippen MR) is 80.4 cm³/mol. The fraction of sp³-hybridized carbons (Fsp3) is 0.143. The minimum absolute atomic E-state index is 0.00467. The van der Waals surface area contributed by atoms with E-state index in [-0.39, 0.29) is 22.7 Å². The first-order valence-electron chi connectivity index (χ1n) is 6.21. The van der Waals surface area contributed by atoms with Gasteiger partial charge in [-0.25, -0.2) is 0 Å². The molecule has 1 aromatic heterocycles. The number of nitrogens with two attached hydrogens (primary N) is 1. The van der Waals surface area contributed by atoms with Crippen LogP contribution in [0.3, 0.4) is 0 Å². The molecule has 7 heteroatoms. The Kier molecular flexibility index (Phi) is 4.00. The van der Waals surface area contributed by atoms with Crippen LogP contribution >= 0.6 is 0 Å². The van der Waals surface area contributed by atoms with Crippen LogP contribution in [0.4, 0.5) is 0 Å². The standard InChI is InChI=1S/C14H13N5O2/c1-2-19-11-6-4-3-5-9(11)13(20)10(14(19)21)8-17-18-12(16)7-15/h3-6,8,20H,2H2,1H3,(H2,16,18)/b17-8-. The highest BCUT2D eigenvalue weighted by atomic mass is 16.3. The van der Waals surface area contributed by atoms with Gasteiger partial charge in [-0.05, 0) is 19.1 Å². The summed E-state index contributed by atoms with van der Waals surface area (Å²) in [6.45, 7) is 2.28. The number of nitrogens with zero attached hydrogens (tertiary/aromatic N) is 4. The monoisotopic (exact) mass is 283 g/mol. The molecule has 0 saturated carbocycles. The lowest BCUT2D eigenvalue weighted by atomic mass is 10.1. The van der Waals surface area contributed by atoms with Crippen molar-refractivity contribution in [1.29, 1.82) is 5.26 Å². The van der Waals surface area contributed by atoms with Crippen molar-refractivity contribution in [3.05, 3.63) is 40.2 Å². The largest absolute Gasteiger partial charge is 0.506 e. The van der Waals surface area contributed by atoms with Gasteiger partial charge in [0.2, 0.25) is 5.84 Å². The SMILES string of the molecule is CCn1c(=O)c(/C=N\N=C(N)C#N)c(O)c2ccccc21. The van der Waals surface area contributed by atoms with Gasteiger partial charge in [-0.15, -0.1) is 5.10 Å². The van der Waals surface area contributed by atoms with Crippen LogP contribution in [0, 0.1) is 11.3 Å². The molecule has 1 heterocycles. The Labute approximate surface area is 120 Å². The summed E-state index contributed by atoms with van der Waals surface area (Å²) in [5.41, 5.74) is 5.45. The van der Waals surface area contributed by atoms with Crippen molar-refractivity contribution < 1.29 is 5.11 Å². The van der Waals surface area contributed by atoms with Crippen molar-refractivity contribution in [3.63, 3.8) is 0 Å². The summed E-state index contributed by atoms with van der Waals surface area (Å²) in [6.07, 6.45) is 1.10. The van der Waals surface area contributed by atoms with Gasteiger partial charge in [0.25, 0.3) is 5.56 Å². The number of benzene rings is 1. The van der Waals surface area contributed by atoms with Crippen molar-refractivity contribution in [2.24, 2.45) is 15.9 Å². The maximum absolute atomic E-state index is 12.3. The third-order valence-corrected chi connectivity index (χ3v) is 2.96. The molecule has 0 aliphatic heterocycles. The molecule has 0 spiro atoms. The van der Waals surface area contributed by atoms with Crippen LogP contribution in [0.2, 0.25) is 0 Å². The summed E-state index contributed by atoms with van der Waals surface area (Å²) < 4.78 is 1.52. The number of rotatable bonds is 3. The molecule has 0 unspecified atom stereocenters. The quantitative estimate of drug-likeness (QED) is 0.495. The van der Waals surface area contributed by atoms with E-state index < -0.39 is 0 Å². The van der Waals surface area contributed by atoms with Crippen LogP contribution in [0.15, 0.2) is 39.3 Å². The van der Waals surface area contributed by atoms with Crippen LogP contribution in [0.1, 0.15) is 12.5 Å². The van der Waals surface area contributed by atoms with Gasteiger partial charge in [0.15, 0.2) is 0 Å². The lowest BCUT2D eigenvalue weighted by Crippen LogP contribution is -2.23. The van der Waals surface area contributed by atoms with Crippen LogP contribution in [0.5, 0.6) is 5.75 Å². The molecule has 7 nitrogen and oxygen atoms in total. The van der Waals surface area contributed by atoms with Crippen LogP contribution in [0.25, 0.3) is 10.9 Å². The molecule has 0 aliphatic rings. The molecule has 2 rings (SSSR count). The van der Waals surface area contributed by atoms with E-state index >= 15 is 0 Å². The number of aromatic hydroxyl groups is 1. The first-order valence-corrected chi connectivity index (χ1v) is 6.21. The fourth-order valence-corrected chi connectivity index (χ4v) is 2.01. The highest BCUT2D eigenvalue weighted by molar-refractivity contribution is 5.97. The molecular formula is C14H13N5O2. The van der Waals surface area contributed by atoms with Crippen molar-refractivity contribution in [3.8, 4) is 11.8 Å². The summed E-state index contributed by atoms with van der Waals surface area (Å²) in [7, 11) is 0. The number of hydrogen-bond donors (Lipinski definition) is 2. The van der Waals surface area contributed by atoms with Gasteiger partial charge in [-0.1, -0.05) is 12.1 Å². The number of hydrogen-bond acceptors (Lipinski definition) is 5. The van der Waals surface area contributed by atoms with Crippen LogP contribution in [-0.4, -0.2) is 21.7 Å². The Morgan fingerprint density at radius 3 is 2.90 bits per heavy atom. The van der Waals surface area contributed by atoms with Crippen LogP contribution in [-0.2, 0) is 6.54 Å². The summed E-state index contributed by atoms with van der Waals surface area (Å²) in [6, 6.07) is 8.62. The predicted octanol–water partition coefficient (Wildman–Crippen LogP) is 0.942. The normalized spacial score (nSPS) is 11.9. The van der Waals surface area contributed by atoms with Gasteiger partial charge < -0.3 is 15.4 Å². The summed E-state index contributed by atoms with van der Waals surface area (Å²) in [5, 5.41) is 26.2. The van der Waals surface area contributed by atoms with Crippen molar-refractivity contribution in [2.45, 2.75) is 13.5 Å².